The predicted molar refractivity (Wildman–Crippen MR) is 103 cm³/mol. The zero-order valence-corrected chi connectivity index (χ0v) is 14.3. The number of benzene rings is 2. The third-order valence-electron chi connectivity index (χ3n) is 4.70. The minimum absolute atomic E-state index is 0.0638. The summed E-state index contributed by atoms with van der Waals surface area (Å²) < 4.78 is 2.15. The Hall–Kier alpha value is -3.01. The van der Waals surface area contributed by atoms with Crippen molar-refractivity contribution in [2.45, 2.75) is 19.3 Å². The van der Waals surface area contributed by atoms with E-state index in [2.05, 4.69) is 52.4 Å². The number of para-hydroxylation sites is 1. The van der Waals surface area contributed by atoms with E-state index in [9.17, 15) is 4.79 Å². The zero-order valence-electron chi connectivity index (χ0n) is 14.3. The minimum atomic E-state index is 0.0638. The Kier molecular flexibility index (Phi) is 4.02. The number of rotatable bonds is 5. The quantitative estimate of drug-likeness (QED) is 0.551. The lowest BCUT2D eigenvalue weighted by atomic mass is 10.1. The molecule has 1 amide bonds. The molecule has 0 saturated heterocycles. The Balaban J connectivity index is 1.40. The number of aromatic nitrogens is 2. The van der Waals surface area contributed by atoms with Gasteiger partial charge in [0.2, 0.25) is 5.91 Å². The molecule has 2 N–H and O–H groups in total. The highest BCUT2D eigenvalue weighted by molar-refractivity contribution is 6.01. The molecule has 2 aromatic heterocycles. The molecule has 0 aliphatic heterocycles. The number of carbonyl (C=O) groups is 1. The first kappa shape index (κ1) is 15.5. The van der Waals surface area contributed by atoms with E-state index in [1.165, 1.54) is 16.5 Å². The second-order valence-corrected chi connectivity index (χ2v) is 6.43. The van der Waals surface area contributed by atoms with Crippen LogP contribution in [0.25, 0.3) is 21.8 Å². The molecule has 4 rings (SSSR count). The van der Waals surface area contributed by atoms with Gasteiger partial charge in [-0.2, -0.15) is 0 Å². The molecule has 0 bridgehead atoms. The maximum Gasteiger partial charge on any atom is 0.224 e. The van der Waals surface area contributed by atoms with Crippen LogP contribution in [0.15, 0.2) is 60.9 Å². The molecule has 126 valence electrons. The summed E-state index contributed by atoms with van der Waals surface area (Å²) in [5, 5.41) is 5.36. The fourth-order valence-electron chi connectivity index (χ4n) is 3.47. The minimum Gasteiger partial charge on any atom is -0.361 e. The van der Waals surface area contributed by atoms with E-state index in [1.807, 2.05) is 30.5 Å². The molecule has 2 heterocycles. The van der Waals surface area contributed by atoms with E-state index in [0.717, 1.165) is 29.4 Å². The lowest BCUT2D eigenvalue weighted by Gasteiger charge is -2.06. The van der Waals surface area contributed by atoms with Crippen molar-refractivity contribution in [3.05, 3.63) is 66.5 Å². The molecule has 0 aliphatic carbocycles. The molecule has 0 radical (unpaired) electrons. The summed E-state index contributed by atoms with van der Waals surface area (Å²) in [7, 11) is 2.07. The van der Waals surface area contributed by atoms with Crippen molar-refractivity contribution >= 4 is 33.4 Å². The molecule has 0 saturated carbocycles. The van der Waals surface area contributed by atoms with E-state index in [-0.39, 0.29) is 5.91 Å². The van der Waals surface area contributed by atoms with Gasteiger partial charge in [0.1, 0.15) is 0 Å². The van der Waals surface area contributed by atoms with Crippen molar-refractivity contribution in [1.82, 2.24) is 9.55 Å². The molecule has 25 heavy (non-hydrogen) atoms. The molecule has 0 aliphatic rings. The topological polar surface area (TPSA) is 49.8 Å². The molecular weight excluding hydrogens is 310 g/mol. The highest BCUT2D eigenvalue weighted by Gasteiger charge is 2.09. The van der Waals surface area contributed by atoms with E-state index >= 15 is 0 Å². The average Bonchev–Trinajstić information content (AvgIpc) is 3.21. The van der Waals surface area contributed by atoms with Crippen molar-refractivity contribution in [2.75, 3.05) is 5.32 Å². The Morgan fingerprint density at radius 2 is 1.96 bits per heavy atom. The fourth-order valence-corrected chi connectivity index (χ4v) is 3.47. The van der Waals surface area contributed by atoms with Gasteiger partial charge in [-0.15, -0.1) is 0 Å². The van der Waals surface area contributed by atoms with E-state index in [1.54, 1.807) is 0 Å². The number of aryl methyl sites for hydroxylation is 2. The molecular formula is C21H21N3O. The summed E-state index contributed by atoms with van der Waals surface area (Å²) in [6.07, 6.45) is 6.32. The Bertz CT molecular complexity index is 1040. The normalized spacial score (nSPS) is 11.2. The first-order valence-electron chi connectivity index (χ1n) is 8.61. The largest absolute Gasteiger partial charge is 0.361 e. The number of fused-ring (bicyclic) bond motifs is 2. The summed E-state index contributed by atoms with van der Waals surface area (Å²) in [5.41, 5.74) is 4.45. The summed E-state index contributed by atoms with van der Waals surface area (Å²) in [4.78, 5) is 15.5. The third-order valence-corrected chi connectivity index (χ3v) is 4.70. The van der Waals surface area contributed by atoms with Gasteiger partial charge in [0.15, 0.2) is 0 Å². The maximum absolute atomic E-state index is 12.3. The van der Waals surface area contributed by atoms with Crippen LogP contribution in [-0.4, -0.2) is 15.5 Å². The second kappa shape index (κ2) is 6.48. The van der Waals surface area contributed by atoms with Gasteiger partial charge in [-0.1, -0.05) is 24.3 Å². The van der Waals surface area contributed by atoms with E-state index < -0.39 is 0 Å². The van der Waals surface area contributed by atoms with Crippen LogP contribution in [0, 0.1) is 0 Å². The van der Waals surface area contributed by atoms with Gasteiger partial charge in [0.25, 0.3) is 0 Å². The molecule has 0 fully saturated rings. The molecule has 4 heteroatoms. The summed E-state index contributed by atoms with van der Waals surface area (Å²) in [6, 6.07) is 16.3. The zero-order chi connectivity index (χ0) is 17.2. The van der Waals surface area contributed by atoms with Gasteiger partial charge >= 0.3 is 0 Å². The van der Waals surface area contributed by atoms with Crippen molar-refractivity contribution in [3.63, 3.8) is 0 Å². The number of hydrogen-bond acceptors (Lipinski definition) is 1. The van der Waals surface area contributed by atoms with Crippen molar-refractivity contribution in [1.29, 1.82) is 0 Å². The molecule has 0 unspecified atom stereocenters. The van der Waals surface area contributed by atoms with Gasteiger partial charge < -0.3 is 14.9 Å². The number of nitrogens with one attached hydrogen (secondary N) is 2. The second-order valence-electron chi connectivity index (χ2n) is 6.43. The SMILES string of the molecule is Cn1cc(CCCC(=O)Nc2cccc3[nH]ccc23)c2ccccc21. The lowest BCUT2D eigenvalue weighted by molar-refractivity contribution is -0.116. The van der Waals surface area contributed by atoms with Crippen molar-refractivity contribution < 1.29 is 4.79 Å². The Morgan fingerprint density at radius 1 is 1.08 bits per heavy atom. The number of hydrogen-bond donors (Lipinski definition) is 2. The number of H-pyrrole nitrogens is 1. The molecule has 0 spiro atoms. The molecule has 4 nitrogen and oxygen atoms in total. The van der Waals surface area contributed by atoms with Gasteiger partial charge in [-0.3, -0.25) is 4.79 Å². The smallest absolute Gasteiger partial charge is 0.224 e. The highest BCUT2D eigenvalue weighted by atomic mass is 16.1. The number of anilines is 1. The third kappa shape index (κ3) is 3.03. The number of nitrogens with zero attached hydrogens (tertiary/aromatic N) is 1. The van der Waals surface area contributed by atoms with Crippen LogP contribution in [0.3, 0.4) is 0 Å². The van der Waals surface area contributed by atoms with Crippen LogP contribution in [-0.2, 0) is 18.3 Å². The summed E-state index contributed by atoms with van der Waals surface area (Å²) in [5.74, 6) is 0.0638. The number of aromatic amines is 1. The van der Waals surface area contributed by atoms with Crippen LogP contribution >= 0.6 is 0 Å². The van der Waals surface area contributed by atoms with Gasteiger partial charge in [-0.05, 0) is 42.7 Å². The van der Waals surface area contributed by atoms with Gasteiger partial charge in [0, 0.05) is 47.7 Å². The van der Waals surface area contributed by atoms with Crippen LogP contribution in [0.1, 0.15) is 18.4 Å². The molecule has 2 aromatic carbocycles. The van der Waals surface area contributed by atoms with Crippen LogP contribution in [0.2, 0.25) is 0 Å². The monoisotopic (exact) mass is 331 g/mol. The fraction of sp³-hybridized carbons (Fsp3) is 0.190. The standard InChI is InChI=1S/C21H21N3O/c1-24-14-15(16-7-2-3-10-20(16)24)6-4-11-21(25)23-19-9-5-8-18-17(19)12-13-22-18/h2-3,5,7-10,12-14,22H,4,6,11H2,1H3,(H,23,25). The van der Waals surface area contributed by atoms with E-state index in [4.69, 9.17) is 0 Å². The van der Waals surface area contributed by atoms with E-state index in [0.29, 0.717) is 6.42 Å². The highest BCUT2D eigenvalue weighted by Crippen LogP contribution is 2.24. The van der Waals surface area contributed by atoms with Crippen LogP contribution < -0.4 is 5.32 Å². The summed E-state index contributed by atoms with van der Waals surface area (Å²) in [6.45, 7) is 0. The number of carbonyl (C=O) groups excluding carboxylic acids is 1. The van der Waals surface area contributed by atoms with Gasteiger partial charge in [0.05, 0.1) is 5.69 Å². The van der Waals surface area contributed by atoms with Crippen LogP contribution in [0.4, 0.5) is 5.69 Å². The maximum atomic E-state index is 12.3. The average molecular weight is 331 g/mol. The lowest BCUT2D eigenvalue weighted by Crippen LogP contribution is -2.11. The summed E-state index contributed by atoms with van der Waals surface area (Å²) >= 11 is 0. The van der Waals surface area contributed by atoms with Crippen molar-refractivity contribution in [2.24, 2.45) is 7.05 Å². The van der Waals surface area contributed by atoms with Crippen LogP contribution in [0.5, 0.6) is 0 Å². The first-order valence-corrected chi connectivity index (χ1v) is 8.61. The molecule has 0 atom stereocenters. The van der Waals surface area contributed by atoms with Gasteiger partial charge in [-0.25, -0.2) is 0 Å². The Morgan fingerprint density at radius 3 is 2.88 bits per heavy atom. The Labute approximate surface area is 146 Å². The first-order chi connectivity index (χ1) is 12.2. The predicted octanol–water partition coefficient (Wildman–Crippen LogP) is 4.62. The molecule has 4 aromatic rings. The number of amides is 1. The van der Waals surface area contributed by atoms with Crippen molar-refractivity contribution in [3.8, 4) is 0 Å².